The summed E-state index contributed by atoms with van der Waals surface area (Å²) in [5, 5.41) is 3.04. The maximum atomic E-state index is 12.2. The molecule has 0 aliphatic rings. The van der Waals surface area contributed by atoms with Crippen LogP contribution < -0.4 is 5.32 Å². The number of hydrogen-bond donors (Lipinski definition) is 1. The van der Waals surface area contributed by atoms with Crippen LogP contribution in [0.4, 0.5) is 0 Å². The minimum absolute atomic E-state index is 0.0700. The summed E-state index contributed by atoms with van der Waals surface area (Å²) in [4.78, 5) is 15.5. The summed E-state index contributed by atoms with van der Waals surface area (Å²) in [6.07, 6.45) is 0. The van der Waals surface area contributed by atoms with Gasteiger partial charge in [0.1, 0.15) is 0 Å². The van der Waals surface area contributed by atoms with Crippen molar-refractivity contribution in [3.05, 3.63) is 64.7 Å². The summed E-state index contributed by atoms with van der Waals surface area (Å²) in [5.74, 6) is 0.515. The molecule has 0 bridgehead atoms. The Balaban J connectivity index is 1.88. The van der Waals surface area contributed by atoms with Crippen LogP contribution in [0.25, 0.3) is 0 Å². The fourth-order valence-electron chi connectivity index (χ4n) is 2.48. The molecule has 1 amide bonds. The maximum Gasteiger partial charge on any atom is 0.230 e. The molecule has 0 atom stereocenters. The second-order valence-corrected chi connectivity index (χ2v) is 7.36. The van der Waals surface area contributed by atoms with Gasteiger partial charge in [0.25, 0.3) is 0 Å². The average molecular weight is 343 g/mol. The van der Waals surface area contributed by atoms with Gasteiger partial charge in [-0.1, -0.05) is 42.0 Å². The largest absolute Gasteiger partial charge is 0.351 e. The zero-order valence-electron chi connectivity index (χ0n) is 14.9. The van der Waals surface area contributed by atoms with Gasteiger partial charge in [-0.25, -0.2) is 0 Å². The summed E-state index contributed by atoms with van der Waals surface area (Å²) in [7, 11) is 4.10. The molecule has 24 heavy (non-hydrogen) atoms. The average Bonchev–Trinajstić information content (AvgIpc) is 2.54. The summed E-state index contributed by atoms with van der Waals surface area (Å²) < 4.78 is 0. The van der Waals surface area contributed by atoms with Crippen molar-refractivity contribution >= 4 is 17.7 Å². The van der Waals surface area contributed by atoms with E-state index >= 15 is 0 Å². The van der Waals surface area contributed by atoms with Gasteiger partial charge in [-0.05, 0) is 50.7 Å². The molecule has 0 aliphatic heterocycles. The van der Waals surface area contributed by atoms with Crippen LogP contribution in [-0.4, -0.2) is 30.7 Å². The molecule has 0 fully saturated rings. The fourth-order valence-corrected chi connectivity index (χ4v) is 3.43. The topological polar surface area (TPSA) is 32.3 Å². The molecule has 2 aromatic carbocycles. The van der Waals surface area contributed by atoms with Gasteiger partial charge in [0, 0.05) is 18.0 Å². The van der Waals surface area contributed by atoms with Crippen molar-refractivity contribution < 1.29 is 4.79 Å². The molecule has 0 unspecified atom stereocenters. The van der Waals surface area contributed by atoms with Crippen molar-refractivity contribution in [2.24, 2.45) is 0 Å². The van der Waals surface area contributed by atoms with Crippen molar-refractivity contribution in [3.8, 4) is 0 Å². The van der Waals surface area contributed by atoms with Crippen LogP contribution >= 0.6 is 11.8 Å². The van der Waals surface area contributed by atoms with E-state index < -0.39 is 0 Å². The van der Waals surface area contributed by atoms with E-state index in [1.54, 1.807) is 11.8 Å². The lowest BCUT2D eigenvalue weighted by atomic mass is 10.1. The van der Waals surface area contributed by atoms with Crippen LogP contribution in [0.15, 0.2) is 47.4 Å². The summed E-state index contributed by atoms with van der Waals surface area (Å²) in [6, 6.07) is 14.6. The van der Waals surface area contributed by atoms with Crippen molar-refractivity contribution in [2.45, 2.75) is 31.8 Å². The monoisotopic (exact) mass is 342 g/mol. The Morgan fingerprint density at radius 3 is 2.50 bits per heavy atom. The number of carbonyl (C=O) groups is 1. The van der Waals surface area contributed by atoms with Gasteiger partial charge in [-0.2, -0.15) is 0 Å². The predicted molar refractivity (Wildman–Crippen MR) is 102 cm³/mol. The lowest BCUT2D eigenvalue weighted by Gasteiger charge is -2.14. The third-order valence-electron chi connectivity index (χ3n) is 3.78. The van der Waals surface area contributed by atoms with Crippen LogP contribution in [0.3, 0.4) is 0 Å². The Kier molecular flexibility index (Phi) is 6.88. The first-order valence-electron chi connectivity index (χ1n) is 8.14. The second kappa shape index (κ2) is 8.90. The Morgan fingerprint density at radius 1 is 1.08 bits per heavy atom. The van der Waals surface area contributed by atoms with Crippen molar-refractivity contribution in [1.29, 1.82) is 0 Å². The minimum atomic E-state index is 0.0700. The van der Waals surface area contributed by atoms with Crippen LogP contribution in [0.2, 0.25) is 0 Å². The highest BCUT2D eigenvalue weighted by atomic mass is 32.2. The molecule has 0 aliphatic carbocycles. The molecular formula is C20H26N2OS. The van der Waals surface area contributed by atoms with Crippen molar-refractivity contribution in [3.63, 3.8) is 0 Å². The summed E-state index contributed by atoms with van der Waals surface area (Å²) >= 11 is 1.60. The molecule has 1 N–H and O–H groups in total. The molecule has 0 radical (unpaired) electrons. The normalized spacial score (nSPS) is 10.9. The molecule has 0 heterocycles. The standard InChI is InChI=1S/C20H26N2OS/c1-15-9-10-16(2)19(11-15)24-14-20(23)21-12-17-7-5-6-8-18(17)13-22(3)4/h5-11H,12-14H2,1-4H3,(H,21,23). The van der Waals surface area contributed by atoms with E-state index in [0.717, 1.165) is 6.54 Å². The molecule has 0 saturated heterocycles. The maximum absolute atomic E-state index is 12.2. The van der Waals surface area contributed by atoms with Crippen LogP contribution in [-0.2, 0) is 17.9 Å². The number of nitrogens with zero attached hydrogens (tertiary/aromatic N) is 1. The minimum Gasteiger partial charge on any atom is -0.351 e. The van der Waals surface area contributed by atoms with E-state index in [4.69, 9.17) is 0 Å². The molecule has 0 saturated carbocycles. The van der Waals surface area contributed by atoms with E-state index in [2.05, 4.69) is 68.5 Å². The fraction of sp³-hybridized carbons (Fsp3) is 0.350. The van der Waals surface area contributed by atoms with Gasteiger partial charge in [0.15, 0.2) is 0 Å². The lowest BCUT2D eigenvalue weighted by molar-refractivity contribution is -0.118. The lowest BCUT2D eigenvalue weighted by Crippen LogP contribution is -2.25. The Bertz CT molecular complexity index is 698. The van der Waals surface area contributed by atoms with Gasteiger partial charge < -0.3 is 10.2 Å². The highest BCUT2D eigenvalue weighted by molar-refractivity contribution is 8.00. The van der Waals surface area contributed by atoms with E-state index in [1.807, 2.05) is 12.1 Å². The molecule has 128 valence electrons. The second-order valence-electron chi connectivity index (χ2n) is 6.34. The number of benzene rings is 2. The molecule has 2 aromatic rings. The highest BCUT2D eigenvalue weighted by Crippen LogP contribution is 2.23. The van der Waals surface area contributed by atoms with E-state index in [0.29, 0.717) is 12.3 Å². The number of aryl methyl sites for hydroxylation is 2. The highest BCUT2D eigenvalue weighted by Gasteiger charge is 2.07. The smallest absolute Gasteiger partial charge is 0.230 e. The zero-order valence-corrected chi connectivity index (χ0v) is 15.7. The Labute approximate surface area is 149 Å². The van der Waals surface area contributed by atoms with Gasteiger partial charge in [-0.15, -0.1) is 11.8 Å². The molecule has 4 heteroatoms. The summed E-state index contributed by atoms with van der Waals surface area (Å²) in [6.45, 7) is 5.61. The quantitative estimate of drug-likeness (QED) is 0.777. The predicted octanol–water partition coefficient (Wildman–Crippen LogP) is 3.77. The molecule has 2 rings (SSSR count). The van der Waals surface area contributed by atoms with E-state index in [9.17, 15) is 4.79 Å². The van der Waals surface area contributed by atoms with Gasteiger partial charge >= 0.3 is 0 Å². The number of thioether (sulfide) groups is 1. The van der Waals surface area contributed by atoms with Gasteiger partial charge in [-0.3, -0.25) is 4.79 Å². The first-order chi connectivity index (χ1) is 11.5. The third kappa shape index (κ3) is 5.69. The number of nitrogens with one attached hydrogen (secondary N) is 1. The Hall–Kier alpha value is -1.78. The van der Waals surface area contributed by atoms with Crippen LogP contribution in [0, 0.1) is 13.8 Å². The molecular weight excluding hydrogens is 316 g/mol. The summed E-state index contributed by atoms with van der Waals surface area (Å²) in [5.41, 5.74) is 4.87. The Morgan fingerprint density at radius 2 is 1.79 bits per heavy atom. The van der Waals surface area contributed by atoms with Gasteiger partial charge in [0.05, 0.1) is 5.75 Å². The van der Waals surface area contributed by atoms with E-state index in [-0.39, 0.29) is 5.91 Å². The zero-order chi connectivity index (χ0) is 17.5. The van der Waals surface area contributed by atoms with Crippen molar-refractivity contribution in [1.82, 2.24) is 10.2 Å². The SMILES string of the molecule is Cc1ccc(C)c(SCC(=O)NCc2ccccc2CN(C)C)c1. The van der Waals surface area contributed by atoms with Crippen molar-refractivity contribution in [2.75, 3.05) is 19.8 Å². The molecule has 3 nitrogen and oxygen atoms in total. The molecule has 0 spiro atoms. The van der Waals surface area contributed by atoms with E-state index in [1.165, 1.54) is 27.1 Å². The van der Waals surface area contributed by atoms with Crippen LogP contribution in [0.1, 0.15) is 22.3 Å². The number of rotatable bonds is 7. The first kappa shape index (κ1) is 18.6. The van der Waals surface area contributed by atoms with Gasteiger partial charge in [0.2, 0.25) is 5.91 Å². The van der Waals surface area contributed by atoms with Crippen LogP contribution in [0.5, 0.6) is 0 Å². The molecule has 0 aromatic heterocycles. The first-order valence-corrected chi connectivity index (χ1v) is 9.12. The number of carbonyl (C=O) groups excluding carboxylic acids is 1. The number of amides is 1. The number of hydrogen-bond acceptors (Lipinski definition) is 3. The third-order valence-corrected chi connectivity index (χ3v) is 4.94.